The van der Waals surface area contributed by atoms with Gasteiger partial charge in [0.05, 0.1) is 5.52 Å². The summed E-state index contributed by atoms with van der Waals surface area (Å²) in [6.07, 6.45) is -0.649. The van der Waals surface area contributed by atoms with Crippen molar-refractivity contribution < 1.29 is 14.6 Å². The number of benzene rings is 2. The van der Waals surface area contributed by atoms with Crippen LogP contribution in [0, 0.1) is 19.3 Å². The van der Waals surface area contributed by atoms with E-state index in [0.717, 1.165) is 27.9 Å². The number of piperazine rings is 1. The average Bonchev–Trinajstić information content (AvgIpc) is 2.82. The summed E-state index contributed by atoms with van der Waals surface area (Å²) in [7, 11) is 0. The lowest BCUT2D eigenvalue weighted by Crippen LogP contribution is -2.52. The van der Waals surface area contributed by atoms with Gasteiger partial charge in [-0.25, -0.2) is 0 Å². The molecule has 1 fully saturated rings. The summed E-state index contributed by atoms with van der Waals surface area (Å²) in [6.45, 7) is 7.05. The summed E-state index contributed by atoms with van der Waals surface area (Å²) in [5.74, 6) is 0.478. The Morgan fingerprint density at radius 1 is 1.09 bits per heavy atom. The van der Waals surface area contributed by atoms with Crippen molar-refractivity contribution in [1.29, 1.82) is 5.41 Å². The second-order valence-corrected chi connectivity index (χ2v) is 8.53. The molecule has 0 radical (unpaired) electrons. The van der Waals surface area contributed by atoms with E-state index in [0.29, 0.717) is 38.3 Å². The van der Waals surface area contributed by atoms with Crippen LogP contribution in [-0.4, -0.2) is 76.9 Å². The number of aliphatic hydroxyl groups is 1. The molecule has 3 aromatic rings. The summed E-state index contributed by atoms with van der Waals surface area (Å²) < 4.78 is 5.97. The Labute approximate surface area is 194 Å². The number of ether oxygens (including phenoxy) is 1. The fraction of sp³-hybridized carbons (Fsp3) is 0.346. The molecule has 172 valence electrons. The number of rotatable bonds is 7. The Kier molecular flexibility index (Phi) is 7.01. The highest BCUT2D eigenvalue weighted by atomic mass is 16.5. The van der Waals surface area contributed by atoms with E-state index in [1.165, 1.54) is 0 Å². The molecular weight excluding hydrogens is 416 g/mol. The van der Waals surface area contributed by atoms with Crippen LogP contribution in [0.1, 0.15) is 16.8 Å². The highest BCUT2D eigenvalue weighted by Crippen LogP contribution is 2.28. The van der Waals surface area contributed by atoms with E-state index in [1.54, 1.807) is 17.0 Å². The molecule has 2 N–H and O–H groups in total. The van der Waals surface area contributed by atoms with E-state index in [4.69, 9.17) is 10.1 Å². The number of hydrogen-bond donors (Lipinski definition) is 2. The minimum atomic E-state index is -0.649. The van der Waals surface area contributed by atoms with Crippen molar-refractivity contribution in [2.45, 2.75) is 20.0 Å². The van der Waals surface area contributed by atoms with Gasteiger partial charge in [-0.1, -0.05) is 36.4 Å². The van der Waals surface area contributed by atoms with Crippen LogP contribution >= 0.6 is 0 Å². The molecule has 2 aromatic carbocycles. The van der Waals surface area contributed by atoms with Gasteiger partial charge in [-0.2, -0.15) is 0 Å². The lowest BCUT2D eigenvalue weighted by atomic mass is 10.1. The number of hydrogen-bond acceptors (Lipinski definition) is 6. The number of carbonyl (C=O) groups excluding carboxylic acids is 1. The molecule has 7 nitrogen and oxygen atoms in total. The zero-order chi connectivity index (χ0) is 23.4. The maximum absolute atomic E-state index is 12.7. The van der Waals surface area contributed by atoms with Crippen LogP contribution in [0.25, 0.3) is 10.9 Å². The molecule has 0 saturated carbocycles. The minimum Gasteiger partial charge on any atom is -0.490 e. The van der Waals surface area contributed by atoms with Crippen molar-refractivity contribution in [3.8, 4) is 5.75 Å². The van der Waals surface area contributed by atoms with Crippen molar-refractivity contribution in [2.24, 2.45) is 0 Å². The van der Waals surface area contributed by atoms with Crippen LogP contribution in [0.3, 0.4) is 0 Å². The lowest BCUT2D eigenvalue weighted by molar-refractivity contribution is -0.126. The molecule has 0 bridgehead atoms. The van der Waals surface area contributed by atoms with Gasteiger partial charge in [-0.05, 0) is 37.6 Å². The summed E-state index contributed by atoms with van der Waals surface area (Å²) in [5.41, 5.74) is 3.61. The molecule has 2 heterocycles. The third-order valence-corrected chi connectivity index (χ3v) is 5.96. The zero-order valence-electron chi connectivity index (χ0n) is 19.1. The number of aryl methyl sites for hydroxylation is 2. The largest absolute Gasteiger partial charge is 0.490 e. The van der Waals surface area contributed by atoms with E-state index in [1.807, 2.05) is 56.3 Å². The number of carbonyl (C=O) groups is 1. The molecule has 4 rings (SSSR count). The maximum atomic E-state index is 12.7. The van der Waals surface area contributed by atoms with Gasteiger partial charge >= 0.3 is 0 Å². The van der Waals surface area contributed by atoms with Gasteiger partial charge in [-0.15, -0.1) is 0 Å². The van der Waals surface area contributed by atoms with Crippen LogP contribution in [0.5, 0.6) is 5.75 Å². The van der Waals surface area contributed by atoms with E-state index in [2.05, 4.69) is 9.88 Å². The van der Waals surface area contributed by atoms with Gasteiger partial charge in [0.25, 0.3) is 5.91 Å². The molecule has 1 aliphatic heterocycles. The summed E-state index contributed by atoms with van der Waals surface area (Å²) in [6, 6.07) is 16.9. The predicted molar refractivity (Wildman–Crippen MR) is 129 cm³/mol. The minimum absolute atomic E-state index is 0.0209. The number of pyridine rings is 1. The Morgan fingerprint density at radius 2 is 1.82 bits per heavy atom. The van der Waals surface area contributed by atoms with Crippen molar-refractivity contribution in [1.82, 2.24) is 14.8 Å². The van der Waals surface area contributed by atoms with Gasteiger partial charge in [0, 0.05) is 49.4 Å². The molecule has 33 heavy (non-hydrogen) atoms. The summed E-state index contributed by atoms with van der Waals surface area (Å²) >= 11 is 0. The van der Waals surface area contributed by atoms with E-state index in [-0.39, 0.29) is 18.2 Å². The molecule has 0 spiro atoms. The average molecular weight is 447 g/mol. The predicted octanol–water partition coefficient (Wildman–Crippen LogP) is 2.80. The molecular formula is C26H30N4O3. The molecule has 1 atom stereocenters. The first-order valence-electron chi connectivity index (χ1n) is 11.3. The zero-order valence-corrected chi connectivity index (χ0v) is 19.1. The number of nitrogens with one attached hydrogen (secondary N) is 1. The smallest absolute Gasteiger partial charge is 0.272 e. The van der Waals surface area contributed by atoms with Crippen LogP contribution < -0.4 is 4.74 Å². The standard InChI is InChI=1S/C26H30N4O3/c1-18-15-19(2)28-22-9-6-10-23(24(18)22)33-17-21(31)16-29-11-13-30(14-12-29)26(32)25(27)20-7-4-3-5-8-20/h3-10,15,21,27,31H,11-14,16-17H2,1-2H3. The molecule has 1 unspecified atom stereocenters. The SMILES string of the molecule is Cc1cc(C)c2c(OCC(O)CN3CCN(C(=O)C(=N)c4ccccc4)CC3)cccc2n1. The Bertz CT molecular complexity index is 1140. The maximum Gasteiger partial charge on any atom is 0.272 e. The molecule has 1 aromatic heterocycles. The third-order valence-electron chi connectivity index (χ3n) is 5.96. The number of β-amino-alcohol motifs (C(OH)–C–C–N with tert-alkyl or cyclic N) is 1. The normalized spacial score (nSPS) is 15.4. The monoisotopic (exact) mass is 446 g/mol. The van der Waals surface area contributed by atoms with Gasteiger partial charge in [0.2, 0.25) is 0 Å². The fourth-order valence-electron chi connectivity index (χ4n) is 4.29. The number of amides is 1. The Morgan fingerprint density at radius 3 is 2.55 bits per heavy atom. The van der Waals surface area contributed by atoms with E-state index in [9.17, 15) is 9.90 Å². The second kappa shape index (κ2) is 10.1. The number of nitrogens with zero attached hydrogens (tertiary/aromatic N) is 3. The number of aromatic nitrogens is 1. The summed E-state index contributed by atoms with van der Waals surface area (Å²) in [4.78, 5) is 21.1. The van der Waals surface area contributed by atoms with Crippen LogP contribution in [-0.2, 0) is 4.79 Å². The number of aliphatic hydroxyl groups excluding tert-OH is 1. The molecule has 1 aliphatic rings. The van der Waals surface area contributed by atoms with Gasteiger partial charge in [0.15, 0.2) is 0 Å². The number of fused-ring (bicyclic) bond motifs is 1. The summed E-state index contributed by atoms with van der Waals surface area (Å²) in [5, 5.41) is 19.7. The highest BCUT2D eigenvalue weighted by molar-refractivity contribution is 6.44. The molecule has 1 amide bonds. The van der Waals surface area contributed by atoms with Crippen molar-refractivity contribution in [3.05, 3.63) is 71.4 Å². The highest BCUT2D eigenvalue weighted by Gasteiger charge is 2.25. The third kappa shape index (κ3) is 5.38. The Balaban J connectivity index is 1.28. The van der Waals surface area contributed by atoms with Crippen LogP contribution in [0.2, 0.25) is 0 Å². The lowest BCUT2D eigenvalue weighted by Gasteiger charge is -2.35. The van der Waals surface area contributed by atoms with Crippen LogP contribution in [0.4, 0.5) is 0 Å². The first-order valence-corrected chi connectivity index (χ1v) is 11.3. The second-order valence-electron chi connectivity index (χ2n) is 8.53. The fourth-order valence-corrected chi connectivity index (χ4v) is 4.29. The Hall–Kier alpha value is -3.29. The van der Waals surface area contributed by atoms with Crippen molar-refractivity contribution >= 4 is 22.5 Å². The van der Waals surface area contributed by atoms with E-state index < -0.39 is 6.10 Å². The van der Waals surface area contributed by atoms with Crippen LogP contribution in [0.15, 0.2) is 54.6 Å². The molecule has 0 aliphatic carbocycles. The first-order chi connectivity index (χ1) is 15.9. The molecule has 1 saturated heterocycles. The van der Waals surface area contributed by atoms with Gasteiger partial charge < -0.3 is 14.7 Å². The molecule has 7 heteroatoms. The van der Waals surface area contributed by atoms with Gasteiger partial charge in [0.1, 0.15) is 24.2 Å². The van der Waals surface area contributed by atoms with Crippen molar-refractivity contribution in [3.63, 3.8) is 0 Å². The van der Waals surface area contributed by atoms with Crippen molar-refractivity contribution in [2.75, 3.05) is 39.3 Å². The van der Waals surface area contributed by atoms with E-state index >= 15 is 0 Å². The van der Waals surface area contributed by atoms with Gasteiger partial charge in [-0.3, -0.25) is 20.1 Å². The quantitative estimate of drug-likeness (QED) is 0.545. The first kappa shape index (κ1) is 22.9. The topological polar surface area (TPSA) is 89.8 Å².